The Morgan fingerprint density at radius 1 is 1.16 bits per heavy atom. The van der Waals surface area contributed by atoms with Crippen molar-refractivity contribution in [1.29, 1.82) is 0 Å². The predicted octanol–water partition coefficient (Wildman–Crippen LogP) is 4.76. The summed E-state index contributed by atoms with van der Waals surface area (Å²) in [5.74, 6) is 2.17. The summed E-state index contributed by atoms with van der Waals surface area (Å²) in [4.78, 5) is 0. The quantitative estimate of drug-likeness (QED) is 0.466. The monoisotopic (exact) mass is 434 g/mol. The summed E-state index contributed by atoms with van der Waals surface area (Å²) in [6.45, 7) is 8.29. The first-order chi connectivity index (χ1) is 14.6. The van der Waals surface area contributed by atoms with E-state index >= 15 is 0 Å². The highest BCUT2D eigenvalue weighted by Crippen LogP contribution is 2.60. The molecule has 0 bridgehead atoms. The van der Waals surface area contributed by atoms with Gasteiger partial charge in [-0.05, 0) is 93.8 Å². The van der Waals surface area contributed by atoms with E-state index in [0.29, 0.717) is 30.1 Å². The fraction of sp³-hybridized carbons (Fsp3) is 0.852. The third-order valence-corrected chi connectivity index (χ3v) is 8.93. The van der Waals surface area contributed by atoms with Crippen molar-refractivity contribution in [3.8, 4) is 0 Å². The van der Waals surface area contributed by atoms with Crippen LogP contribution in [0.4, 0.5) is 0 Å². The van der Waals surface area contributed by atoms with Crippen molar-refractivity contribution in [3.05, 3.63) is 23.3 Å². The zero-order valence-corrected chi connectivity index (χ0v) is 20.2. The topological polar surface area (TPSA) is 80.9 Å². The lowest BCUT2D eigenvalue weighted by molar-refractivity contribution is -0.0439. The highest BCUT2D eigenvalue weighted by Gasteiger charge is 2.50. The van der Waals surface area contributed by atoms with Crippen LogP contribution in [0.5, 0.6) is 0 Å². The minimum atomic E-state index is -1.21. The maximum absolute atomic E-state index is 10.5. The molecule has 0 heterocycles. The van der Waals surface area contributed by atoms with Crippen molar-refractivity contribution >= 4 is 0 Å². The second-order valence-corrected chi connectivity index (χ2v) is 11.6. The zero-order chi connectivity index (χ0) is 22.8. The van der Waals surface area contributed by atoms with Crippen LogP contribution in [0.25, 0.3) is 0 Å². The molecule has 3 fully saturated rings. The molecule has 3 aliphatic rings. The Morgan fingerprint density at radius 3 is 2.58 bits per heavy atom. The molecule has 4 nitrogen and oxygen atoms in total. The molecule has 3 saturated carbocycles. The molecule has 0 radical (unpaired) electrons. The molecular weight excluding hydrogens is 388 g/mol. The minimum absolute atomic E-state index is 0.174. The maximum Gasteiger partial charge on any atom is 0.0874 e. The lowest BCUT2D eigenvalue weighted by Crippen LogP contribution is -2.38. The van der Waals surface area contributed by atoms with E-state index in [-0.39, 0.29) is 24.5 Å². The van der Waals surface area contributed by atoms with Crippen molar-refractivity contribution in [1.82, 2.24) is 0 Å². The molecule has 0 saturated heterocycles. The largest absolute Gasteiger partial charge is 0.393 e. The molecule has 0 aromatic carbocycles. The van der Waals surface area contributed by atoms with E-state index < -0.39 is 11.7 Å². The molecule has 178 valence electrons. The summed E-state index contributed by atoms with van der Waals surface area (Å²) in [5.41, 5.74) is 2.06. The van der Waals surface area contributed by atoms with Crippen LogP contribution in [0.15, 0.2) is 23.3 Å². The minimum Gasteiger partial charge on any atom is -0.393 e. The summed E-state index contributed by atoms with van der Waals surface area (Å²) in [6.07, 6.45) is 13.8. The molecule has 0 amide bonds. The lowest BCUT2D eigenvalue weighted by atomic mass is 9.60. The number of allylic oxidation sites excluding steroid dienone is 3. The van der Waals surface area contributed by atoms with E-state index in [1.54, 1.807) is 12.5 Å². The predicted molar refractivity (Wildman–Crippen MR) is 125 cm³/mol. The maximum atomic E-state index is 10.5. The summed E-state index contributed by atoms with van der Waals surface area (Å²) in [5, 5.41) is 40.0. The number of aliphatic hydroxyl groups excluding tert-OH is 3. The molecule has 0 aromatic rings. The van der Waals surface area contributed by atoms with Crippen molar-refractivity contribution in [2.24, 2.45) is 29.1 Å². The van der Waals surface area contributed by atoms with E-state index in [2.05, 4.69) is 32.9 Å². The third kappa shape index (κ3) is 5.82. The van der Waals surface area contributed by atoms with Gasteiger partial charge in [0.25, 0.3) is 0 Å². The van der Waals surface area contributed by atoms with Gasteiger partial charge < -0.3 is 20.4 Å². The van der Waals surface area contributed by atoms with Crippen LogP contribution in [0.2, 0.25) is 0 Å². The normalized spacial score (nSPS) is 40.5. The molecule has 8 atom stereocenters. The second kappa shape index (κ2) is 10.1. The van der Waals surface area contributed by atoms with Gasteiger partial charge in [0.15, 0.2) is 0 Å². The van der Waals surface area contributed by atoms with Gasteiger partial charge in [0.2, 0.25) is 0 Å². The number of aliphatic hydroxyl groups is 4. The van der Waals surface area contributed by atoms with E-state index in [4.69, 9.17) is 0 Å². The molecular formula is C27H46O4. The Balaban J connectivity index is 1.69. The third-order valence-electron chi connectivity index (χ3n) is 8.93. The summed E-state index contributed by atoms with van der Waals surface area (Å²) in [6, 6.07) is 0. The molecule has 0 aromatic heterocycles. The highest BCUT2D eigenvalue weighted by atomic mass is 16.3. The van der Waals surface area contributed by atoms with Crippen molar-refractivity contribution in [3.63, 3.8) is 0 Å². The van der Waals surface area contributed by atoms with Crippen LogP contribution in [-0.4, -0.2) is 44.8 Å². The van der Waals surface area contributed by atoms with E-state index in [0.717, 1.165) is 19.3 Å². The Kier molecular flexibility index (Phi) is 8.11. The van der Waals surface area contributed by atoms with Crippen LogP contribution in [-0.2, 0) is 0 Å². The molecule has 31 heavy (non-hydrogen) atoms. The Bertz CT molecular complexity index is 666. The standard InChI is InChI=1S/C27H46O4/c1-18-7-10-22(29)15-21(18)9-8-20-6-5-13-27(4)24(11-12-25(20)27)19(2)14-23(30)16-26(3,31)17-28/h8-9,18-19,22-25,28-31H,5-7,10-17H2,1-4H3. The van der Waals surface area contributed by atoms with Gasteiger partial charge in [0.1, 0.15) is 0 Å². The Hall–Kier alpha value is -0.680. The first kappa shape index (κ1) is 25.0. The zero-order valence-electron chi connectivity index (χ0n) is 20.2. The Morgan fingerprint density at radius 2 is 1.87 bits per heavy atom. The van der Waals surface area contributed by atoms with Crippen LogP contribution in [0.3, 0.4) is 0 Å². The van der Waals surface area contributed by atoms with Gasteiger partial charge in [-0.2, -0.15) is 0 Å². The fourth-order valence-electron chi connectivity index (χ4n) is 7.11. The van der Waals surface area contributed by atoms with Gasteiger partial charge in [-0.25, -0.2) is 0 Å². The average molecular weight is 435 g/mol. The van der Waals surface area contributed by atoms with Crippen LogP contribution in [0, 0.1) is 29.1 Å². The van der Waals surface area contributed by atoms with Gasteiger partial charge in [-0.3, -0.25) is 0 Å². The van der Waals surface area contributed by atoms with Gasteiger partial charge in [-0.1, -0.05) is 44.1 Å². The molecule has 0 aliphatic heterocycles. The number of fused-ring (bicyclic) bond motifs is 1. The molecule has 3 rings (SSSR count). The van der Waals surface area contributed by atoms with Gasteiger partial charge in [0.05, 0.1) is 24.4 Å². The Labute approximate surface area is 189 Å². The number of hydrogen-bond donors (Lipinski definition) is 4. The molecule has 0 spiro atoms. The SMILES string of the molecule is CC1CCC(O)CC1=CC=C1CCCC2(C)C1CCC2C(C)CC(O)CC(C)(O)CO. The van der Waals surface area contributed by atoms with Crippen molar-refractivity contribution in [2.45, 2.75) is 110 Å². The first-order valence-electron chi connectivity index (χ1n) is 12.6. The molecule has 4 N–H and O–H groups in total. The van der Waals surface area contributed by atoms with Crippen LogP contribution >= 0.6 is 0 Å². The molecule has 4 heteroatoms. The van der Waals surface area contributed by atoms with Gasteiger partial charge >= 0.3 is 0 Å². The van der Waals surface area contributed by atoms with E-state index in [1.165, 1.54) is 37.7 Å². The fourth-order valence-corrected chi connectivity index (χ4v) is 7.11. The highest BCUT2D eigenvalue weighted by molar-refractivity contribution is 5.26. The second-order valence-electron chi connectivity index (χ2n) is 11.6. The van der Waals surface area contributed by atoms with Crippen LogP contribution in [0.1, 0.15) is 91.9 Å². The number of rotatable bonds is 7. The van der Waals surface area contributed by atoms with Crippen molar-refractivity contribution in [2.75, 3.05) is 6.61 Å². The smallest absolute Gasteiger partial charge is 0.0874 e. The summed E-state index contributed by atoms with van der Waals surface area (Å²) < 4.78 is 0. The molecule has 3 aliphatic carbocycles. The van der Waals surface area contributed by atoms with Gasteiger partial charge in [0, 0.05) is 6.42 Å². The summed E-state index contributed by atoms with van der Waals surface area (Å²) >= 11 is 0. The van der Waals surface area contributed by atoms with E-state index in [1.807, 2.05) is 0 Å². The first-order valence-corrected chi connectivity index (χ1v) is 12.6. The molecule has 8 unspecified atom stereocenters. The van der Waals surface area contributed by atoms with Crippen molar-refractivity contribution < 1.29 is 20.4 Å². The summed E-state index contributed by atoms with van der Waals surface area (Å²) in [7, 11) is 0. The van der Waals surface area contributed by atoms with E-state index in [9.17, 15) is 20.4 Å². The lowest BCUT2D eigenvalue weighted by Gasteiger charge is -2.45. The van der Waals surface area contributed by atoms with Crippen LogP contribution < -0.4 is 0 Å². The van der Waals surface area contributed by atoms with Gasteiger partial charge in [-0.15, -0.1) is 0 Å². The average Bonchev–Trinajstić information content (AvgIpc) is 3.05. The number of hydrogen-bond acceptors (Lipinski definition) is 4.